The van der Waals surface area contributed by atoms with Gasteiger partial charge in [0.05, 0.1) is 0 Å². The van der Waals surface area contributed by atoms with Gasteiger partial charge < -0.3 is 18.7 Å². The van der Waals surface area contributed by atoms with Crippen molar-refractivity contribution in [2.45, 2.75) is 6.55 Å². The monoisotopic (exact) mass is 220 g/mol. The molecule has 0 amide bonds. The Bertz CT molecular complexity index is 120. The molecule has 0 unspecified atom stereocenters. The van der Waals surface area contributed by atoms with E-state index in [1.807, 2.05) is 28.2 Å². The molecule has 0 aromatic heterocycles. The van der Waals surface area contributed by atoms with E-state index >= 15 is 0 Å². The summed E-state index contributed by atoms with van der Waals surface area (Å²) in [7, 11) is 6.80. The molecule has 0 aliphatic carbocycles. The van der Waals surface area contributed by atoms with Gasteiger partial charge in [-0.15, -0.1) is 0 Å². The Morgan fingerprint density at radius 3 is 1.50 bits per heavy atom. The van der Waals surface area contributed by atoms with E-state index in [0.717, 1.165) is 26.3 Å². The van der Waals surface area contributed by atoms with E-state index < -0.39 is 9.28 Å². The molecule has 0 N–H and O–H groups in total. The number of rotatable bonds is 8. The van der Waals surface area contributed by atoms with Crippen LogP contribution in [0.25, 0.3) is 0 Å². The van der Waals surface area contributed by atoms with E-state index in [-0.39, 0.29) is 0 Å². The van der Waals surface area contributed by atoms with Crippen LogP contribution in [0.1, 0.15) is 0 Å². The van der Waals surface area contributed by atoms with Crippen molar-refractivity contribution in [2.75, 3.05) is 54.5 Å². The van der Waals surface area contributed by atoms with Crippen molar-refractivity contribution in [1.29, 1.82) is 0 Å². The van der Waals surface area contributed by atoms with Gasteiger partial charge in [0.2, 0.25) is 0 Å². The Balaban J connectivity index is 3.23. The van der Waals surface area contributed by atoms with Crippen LogP contribution in [0.3, 0.4) is 0 Å². The van der Waals surface area contributed by atoms with Gasteiger partial charge in [-0.25, -0.2) is 0 Å². The number of nitrogens with zero attached hydrogens (tertiary/aromatic N) is 2. The zero-order valence-electron chi connectivity index (χ0n) is 10.1. The molecular formula is C9H24N2O2Si. The zero-order valence-corrected chi connectivity index (χ0v) is 11.3. The predicted molar refractivity (Wildman–Crippen MR) is 62.0 cm³/mol. The number of likely N-dealkylation sites (N-methyl/N-ethyl adjacent to an activating group) is 2. The second-order valence-corrected chi connectivity index (χ2v) is 5.72. The van der Waals surface area contributed by atoms with Gasteiger partial charge in [-0.1, -0.05) is 0 Å². The lowest BCUT2D eigenvalue weighted by Gasteiger charge is -2.16. The molecule has 14 heavy (non-hydrogen) atoms. The van der Waals surface area contributed by atoms with Crippen molar-refractivity contribution in [3.63, 3.8) is 0 Å². The quantitative estimate of drug-likeness (QED) is 0.537. The van der Waals surface area contributed by atoms with E-state index in [1.165, 1.54) is 0 Å². The maximum absolute atomic E-state index is 5.59. The van der Waals surface area contributed by atoms with Gasteiger partial charge in [-0.3, -0.25) is 0 Å². The second kappa shape index (κ2) is 8.37. The third kappa shape index (κ3) is 10.1. The molecule has 0 spiro atoms. The lowest BCUT2D eigenvalue weighted by molar-refractivity contribution is 0.173. The minimum Gasteiger partial charge on any atom is -0.395 e. The smallest absolute Gasteiger partial charge is 0.318 e. The molecule has 5 heteroatoms. The lowest BCUT2D eigenvalue weighted by atomic mass is 10.6. The van der Waals surface area contributed by atoms with Crippen molar-refractivity contribution in [1.82, 2.24) is 9.80 Å². The summed E-state index contributed by atoms with van der Waals surface area (Å²) >= 11 is 0. The van der Waals surface area contributed by atoms with E-state index in [9.17, 15) is 0 Å². The van der Waals surface area contributed by atoms with Crippen LogP contribution < -0.4 is 0 Å². The van der Waals surface area contributed by atoms with Crippen molar-refractivity contribution >= 4 is 9.28 Å². The normalized spacial score (nSPS) is 12.0. The fraction of sp³-hybridized carbons (Fsp3) is 1.00. The van der Waals surface area contributed by atoms with Gasteiger partial charge in [0, 0.05) is 26.3 Å². The molecule has 0 aromatic carbocycles. The zero-order chi connectivity index (χ0) is 11.0. The predicted octanol–water partition coefficient (Wildman–Crippen LogP) is -0.00690. The topological polar surface area (TPSA) is 24.9 Å². The van der Waals surface area contributed by atoms with Crippen LogP contribution in [-0.2, 0) is 8.85 Å². The summed E-state index contributed by atoms with van der Waals surface area (Å²) in [5.74, 6) is 0. The molecule has 86 valence electrons. The molecular weight excluding hydrogens is 196 g/mol. The van der Waals surface area contributed by atoms with Crippen molar-refractivity contribution in [2.24, 2.45) is 0 Å². The van der Waals surface area contributed by atoms with E-state index in [0.29, 0.717) is 0 Å². The molecule has 0 rings (SSSR count). The third-order valence-electron chi connectivity index (χ3n) is 1.78. The Morgan fingerprint density at radius 2 is 1.21 bits per heavy atom. The Morgan fingerprint density at radius 1 is 0.857 bits per heavy atom. The average molecular weight is 220 g/mol. The summed E-state index contributed by atoms with van der Waals surface area (Å²) in [5.41, 5.74) is 0. The van der Waals surface area contributed by atoms with E-state index in [2.05, 4.69) is 16.3 Å². The maximum Gasteiger partial charge on any atom is 0.318 e. The highest BCUT2D eigenvalue weighted by molar-refractivity contribution is 6.42. The first kappa shape index (κ1) is 14.1. The van der Waals surface area contributed by atoms with Gasteiger partial charge in [0.15, 0.2) is 0 Å². The summed E-state index contributed by atoms with van der Waals surface area (Å²) in [4.78, 5) is 4.22. The highest BCUT2D eigenvalue weighted by atomic mass is 28.3. The van der Waals surface area contributed by atoms with Gasteiger partial charge in [-0.05, 0) is 34.7 Å². The van der Waals surface area contributed by atoms with Crippen LogP contribution in [0.5, 0.6) is 0 Å². The molecule has 0 saturated carbocycles. The first-order chi connectivity index (χ1) is 6.52. The SMILES string of the molecule is CN(C)CCO[SiH](C)OCCN(C)C. The third-order valence-corrected chi connectivity index (χ3v) is 3.19. The van der Waals surface area contributed by atoms with Gasteiger partial charge >= 0.3 is 9.28 Å². The molecule has 0 aromatic rings. The van der Waals surface area contributed by atoms with Crippen LogP contribution in [0, 0.1) is 0 Å². The molecule has 0 atom stereocenters. The van der Waals surface area contributed by atoms with Gasteiger partial charge in [0.25, 0.3) is 0 Å². The van der Waals surface area contributed by atoms with Gasteiger partial charge in [0.1, 0.15) is 0 Å². The number of hydrogen-bond acceptors (Lipinski definition) is 4. The molecule has 0 bridgehead atoms. The summed E-state index contributed by atoms with van der Waals surface area (Å²) in [6.45, 7) is 5.57. The van der Waals surface area contributed by atoms with Crippen LogP contribution in [-0.4, -0.2) is 73.6 Å². The Labute approximate surface area is 89.6 Å². The van der Waals surface area contributed by atoms with Crippen molar-refractivity contribution in [3.8, 4) is 0 Å². The molecule has 0 fully saturated rings. The fourth-order valence-electron chi connectivity index (χ4n) is 0.851. The summed E-state index contributed by atoms with van der Waals surface area (Å²) in [6, 6.07) is 0. The standard InChI is InChI=1S/C9H24N2O2Si/c1-10(2)6-8-12-14(5)13-9-7-11(3)4/h14H,6-9H2,1-5H3. The minimum atomic E-state index is -1.37. The summed E-state index contributed by atoms with van der Waals surface area (Å²) < 4.78 is 11.2. The molecule has 0 heterocycles. The Kier molecular flexibility index (Phi) is 8.41. The molecule has 0 aliphatic rings. The Hall–Kier alpha value is 0.0569. The molecule has 0 radical (unpaired) electrons. The van der Waals surface area contributed by atoms with Crippen LogP contribution in [0.4, 0.5) is 0 Å². The van der Waals surface area contributed by atoms with Crippen LogP contribution in [0.2, 0.25) is 6.55 Å². The highest BCUT2D eigenvalue weighted by Gasteiger charge is 2.05. The highest BCUT2D eigenvalue weighted by Crippen LogP contribution is 1.90. The molecule has 0 aliphatic heterocycles. The van der Waals surface area contributed by atoms with Gasteiger partial charge in [-0.2, -0.15) is 0 Å². The molecule has 4 nitrogen and oxygen atoms in total. The minimum absolute atomic E-state index is 0.780. The van der Waals surface area contributed by atoms with E-state index in [4.69, 9.17) is 8.85 Å². The van der Waals surface area contributed by atoms with Crippen molar-refractivity contribution < 1.29 is 8.85 Å². The summed E-state index contributed by atoms with van der Waals surface area (Å²) in [5, 5.41) is 0. The number of hydrogen-bond donors (Lipinski definition) is 0. The maximum atomic E-state index is 5.59. The van der Waals surface area contributed by atoms with Crippen LogP contribution in [0.15, 0.2) is 0 Å². The van der Waals surface area contributed by atoms with E-state index in [1.54, 1.807) is 0 Å². The summed E-state index contributed by atoms with van der Waals surface area (Å²) in [6.07, 6.45) is 0. The first-order valence-corrected chi connectivity index (χ1v) is 7.14. The lowest BCUT2D eigenvalue weighted by Crippen LogP contribution is -2.28. The largest absolute Gasteiger partial charge is 0.395 e. The second-order valence-electron chi connectivity index (χ2n) is 3.92. The molecule has 0 saturated heterocycles. The van der Waals surface area contributed by atoms with Crippen LogP contribution >= 0.6 is 0 Å². The average Bonchev–Trinajstić information content (AvgIpc) is 2.02. The fourth-order valence-corrected chi connectivity index (χ4v) is 1.82. The first-order valence-electron chi connectivity index (χ1n) is 5.05. The van der Waals surface area contributed by atoms with Crippen molar-refractivity contribution in [3.05, 3.63) is 0 Å².